The van der Waals surface area contributed by atoms with Crippen molar-refractivity contribution in [2.24, 2.45) is 4.99 Å². The van der Waals surface area contributed by atoms with Crippen LogP contribution in [0.1, 0.15) is 47.1 Å². The number of aromatic hydroxyl groups is 1. The third kappa shape index (κ3) is 4.62. The van der Waals surface area contributed by atoms with Crippen LogP contribution in [0.4, 0.5) is 10.7 Å². The molecule has 0 saturated carbocycles. The summed E-state index contributed by atoms with van der Waals surface area (Å²) in [5.41, 5.74) is 3.24. The van der Waals surface area contributed by atoms with E-state index in [4.69, 9.17) is 4.74 Å². The van der Waals surface area contributed by atoms with Crippen LogP contribution in [0.15, 0.2) is 23.2 Å². The van der Waals surface area contributed by atoms with E-state index in [2.05, 4.69) is 35.7 Å². The van der Waals surface area contributed by atoms with E-state index >= 15 is 0 Å². The van der Waals surface area contributed by atoms with E-state index in [1.54, 1.807) is 12.3 Å². The molecule has 1 N–H and O–H groups in total. The highest BCUT2D eigenvalue weighted by molar-refractivity contribution is 7.16. The topological polar surface area (TPSA) is 65.4 Å². The number of nitrogens with zero attached hydrogens (tertiary/aromatic N) is 3. The van der Waals surface area contributed by atoms with Crippen LogP contribution in [0.5, 0.6) is 5.75 Å². The fourth-order valence-corrected chi connectivity index (χ4v) is 4.84. The van der Waals surface area contributed by atoms with Gasteiger partial charge in [-0.2, -0.15) is 0 Å². The number of phenolic OH excluding ortho intramolecular Hbond substituents is 1. The van der Waals surface area contributed by atoms with Gasteiger partial charge in [0.25, 0.3) is 0 Å². The number of rotatable bonds is 7. The highest BCUT2D eigenvalue weighted by atomic mass is 32.1. The number of ether oxygens (including phenoxy) is 1. The first-order valence-electron chi connectivity index (χ1n) is 10.1. The van der Waals surface area contributed by atoms with Crippen molar-refractivity contribution < 1.29 is 14.6 Å². The van der Waals surface area contributed by atoms with Gasteiger partial charge in [-0.3, -0.25) is 0 Å². The highest BCUT2D eigenvalue weighted by Gasteiger charge is 2.27. The van der Waals surface area contributed by atoms with Gasteiger partial charge < -0.3 is 19.6 Å². The average molecular weight is 416 g/mol. The molecule has 2 heterocycles. The highest BCUT2D eigenvalue weighted by Crippen LogP contribution is 2.39. The lowest BCUT2D eigenvalue weighted by molar-refractivity contribution is 0.0526. The van der Waals surface area contributed by atoms with Crippen molar-refractivity contribution in [2.45, 2.75) is 33.7 Å². The molecule has 0 bridgehead atoms. The molecular weight excluding hydrogens is 386 g/mol. The molecule has 2 aromatic rings. The standard InChI is InChI=1S/C22H29N3O3S/c1-5-25(6-2)16-9-8-15(18(26)12-16)13-23-21-20(22(27)28-7-3)17-10-11-24(4)14-19(17)29-21/h8-9,12-13,26H,5-7,10-11,14H2,1-4H3. The van der Waals surface area contributed by atoms with E-state index in [0.717, 1.165) is 48.7 Å². The van der Waals surface area contributed by atoms with E-state index in [1.165, 1.54) is 11.3 Å². The number of carbonyl (C=O) groups is 1. The molecule has 7 heteroatoms. The minimum absolute atomic E-state index is 0.178. The van der Waals surface area contributed by atoms with Crippen LogP contribution < -0.4 is 4.90 Å². The van der Waals surface area contributed by atoms with Gasteiger partial charge in [-0.1, -0.05) is 0 Å². The van der Waals surface area contributed by atoms with Crippen LogP contribution in [0, 0.1) is 0 Å². The molecule has 1 aromatic carbocycles. The Morgan fingerprint density at radius 1 is 1.34 bits per heavy atom. The monoisotopic (exact) mass is 415 g/mol. The smallest absolute Gasteiger partial charge is 0.341 e. The zero-order chi connectivity index (χ0) is 21.0. The van der Waals surface area contributed by atoms with Gasteiger partial charge in [0.2, 0.25) is 0 Å². The number of hydrogen-bond acceptors (Lipinski definition) is 7. The third-order valence-electron chi connectivity index (χ3n) is 5.17. The van der Waals surface area contributed by atoms with Crippen molar-refractivity contribution in [3.05, 3.63) is 39.8 Å². The predicted octanol–water partition coefficient (Wildman–Crippen LogP) is 4.22. The summed E-state index contributed by atoms with van der Waals surface area (Å²) in [5, 5.41) is 11.1. The Hall–Kier alpha value is -2.38. The molecular formula is C22H29N3O3S. The van der Waals surface area contributed by atoms with E-state index < -0.39 is 0 Å². The van der Waals surface area contributed by atoms with Crippen LogP contribution in [0.2, 0.25) is 0 Å². The molecule has 0 fully saturated rings. The van der Waals surface area contributed by atoms with Crippen LogP contribution >= 0.6 is 11.3 Å². The van der Waals surface area contributed by atoms with Crippen molar-refractivity contribution in [2.75, 3.05) is 38.2 Å². The Labute approximate surface area is 176 Å². The third-order valence-corrected chi connectivity index (χ3v) is 6.30. The number of likely N-dealkylation sites (N-methyl/N-ethyl adjacent to an activating group) is 1. The second-order valence-electron chi connectivity index (χ2n) is 7.07. The lowest BCUT2D eigenvalue weighted by Gasteiger charge is -2.22. The number of hydrogen-bond donors (Lipinski definition) is 1. The predicted molar refractivity (Wildman–Crippen MR) is 119 cm³/mol. The van der Waals surface area contributed by atoms with Gasteiger partial charge in [0.05, 0.1) is 12.2 Å². The maximum atomic E-state index is 12.6. The summed E-state index contributed by atoms with van der Waals surface area (Å²) in [6.45, 7) is 9.79. The summed E-state index contributed by atoms with van der Waals surface area (Å²) in [5.74, 6) is -0.139. The average Bonchev–Trinajstić information content (AvgIpc) is 3.06. The Bertz CT molecular complexity index is 903. The minimum atomic E-state index is -0.317. The second-order valence-corrected chi connectivity index (χ2v) is 8.15. The Morgan fingerprint density at radius 2 is 2.10 bits per heavy atom. The number of carbonyl (C=O) groups excluding carboxylic acids is 1. The van der Waals surface area contributed by atoms with E-state index in [1.807, 2.05) is 19.1 Å². The molecule has 1 aromatic heterocycles. The number of thiophene rings is 1. The molecule has 0 atom stereocenters. The summed E-state index contributed by atoms with van der Waals surface area (Å²) in [7, 11) is 2.07. The van der Waals surface area contributed by atoms with Gasteiger partial charge in [-0.05, 0) is 51.9 Å². The van der Waals surface area contributed by atoms with E-state index in [9.17, 15) is 9.90 Å². The van der Waals surface area contributed by atoms with Gasteiger partial charge in [-0.15, -0.1) is 11.3 Å². The van der Waals surface area contributed by atoms with Crippen LogP contribution in [0.3, 0.4) is 0 Å². The summed E-state index contributed by atoms with van der Waals surface area (Å²) in [4.78, 5) is 22.7. The number of aliphatic imine (C=N–C) groups is 1. The normalized spacial score (nSPS) is 14.2. The Kier molecular flexibility index (Phi) is 6.92. The van der Waals surface area contributed by atoms with Crippen LogP contribution in [0.25, 0.3) is 0 Å². The number of fused-ring (bicyclic) bond motifs is 1. The molecule has 29 heavy (non-hydrogen) atoms. The van der Waals surface area contributed by atoms with Gasteiger partial charge in [-0.25, -0.2) is 9.79 Å². The lowest BCUT2D eigenvalue weighted by atomic mass is 10.0. The van der Waals surface area contributed by atoms with Crippen molar-refractivity contribution in [1.29, 1.82) is 0 Å². The van der Waals surface area contributed by atoms with Gasteiger partial charge in [0.15, 0.2) is 0 Å². The van der Waals surface area contributed by atoms with E-state index in [-0.39, 0.29) is 11.7 Å². The molecule has 0 radical (unpaired) electrons. The SMILES string of the molecule is CCOC(=O)c1c(N=Cc2ccc(N(CC)CC)cc2O)sc2c1CCN(C)C2. The summed E-state index contributed by atoms with van der Waals surface area (Å²) in [6, 6.07) is 5.60. The largest absolute Gasteiger partial charge is 0.507 e. The van der Waals surface area contributed by atoms with Gasteiger partial charge in [0, 0.05) is 54.6 Å². The minimum Gasteiger partial charge on any atom is -0.507 e. The fourth-order valence-electron chi connectivity index (χ4n) is 3.58. The molecule has 0 spiro atoms. The first-order valence-corrected chi connectivity index (χ1v) is 10.9. The number of anilines is 1. The number of benzene rings is 1. The first kappa shape index (κ1) is 21.3. The zero-order valence-electron chi connectivity index (χ0n) is 17.6. The van der Waals surface area contributed by atoms with Gasteiger partial charge in [0.1, 0.15) is 10.8 Å². The maximum absolute atomic E-state index is 12.6. The summed E-state index contributed by atoms with van der Waals surface area (Å²) in [6.07, 6.45) is 2.45. The summed E-state index contributed by atoms with van der Waals surface area (Å²) < 4.78 is 5.29. The fraction of sp³-hybridized carbons (Fsp3) is 0.455. The number of esters is 1. The van der Waals surface area contributed by atoms with Gasteiger partial charge >= 0.3 is 5.97 Å². The summed E-state index contributed by atoms with van der Waals surface area (Å²) >= 11 is 1.53. The Balaban J connectivity index is 1.93. The quantitative estimate of drug-likeness (QED) is 0.542. The molecule has 0 saturated heterocycles. The molecule has 1 aliphatic rings. The lowest BCUT2D eigenvalue weighted by Crippen LogP contribution is -2.26. The maximum Gasteiger partial charge on any atom is 0.341 e. The number of phenols is 1. The molecule has 3 rings (SSSR count). The second kappa shape index (κ2) is 9.41. The van der Waals surface area contributed by atoms with Crippen LogP contribution in [-0.2, 0) is 17.7 Å². The molecule has 0 amide bonds. The van der Waals surface area contributed by atoms with Crippen molar-refractivity contribution in [3.8, 4) is 5.75 Å². The first-order chi connectivity index (χ1) is 14.0. The van der Waals surface area contributed by atoms with Crippen molar-refractivity contribution in [1.82, 2.24) is 4.90 Å². The molecule has 0 unspecified atom stereocenters. The van der Waals surface area contributed by atoms with Crippen molar-refractivity contribution >= 4 is 34.2 Å². The Morgan fingerprint density at radius 3 is 2.76 bits per heavy atom. The molecule has 156 valence electrons. The van der Waals surface area contributed by atoms with Crippen molar-refractivity contribution in [3.63, 3.8) is 0 Å². The van der Waals surface area contributed by atoms with E-state index in [0.29, 0.717) is 22.7 Å². The van der Waals surface area contributed by atoms with Crippen LogP contribution in [-0.4, -0.2) is 55.5 Å². The molecule has 1 aliphatic heterocycles. The molecule has 6 nitrogen and oxygen atoms in total. The molecule has 0 aliphatic carbocycles. The zero-order valence-corrected chi connectivity index (χ0v) is 18.4.